The summed E-state index contributed by atoms with van der Waals surface area (Å²) in [4.78, 5) is 24.7. The molecule has 0 saturated heterocycles. The van der Waals surface area contributed by atoms with Crippen LogP contribution in [0.1, 0.15) is 30.5 Å². The van der Waals surface area contributed by atoms with E-state index >= 15 is 0 Å². The number of carbonyl (C=O) groups excluding carboxylic acids is 2. The van der Waals surface area contributed by atoms with Crippen molar-refractivity contribution >= 4 is 29.2 Å². The number of esters is 1. The van der Waals surface area contributed by atoms with Gasteiger partial charge in [0, 0.05) is 10.7 Å². The fraction of sp³-hybridized carbons (Fsp3) is 0.364. The molecule has 6 heteroatoms. The maximum atomic E-state index is 12.4. The highest BCUT2D eigenvalue weighted by Gasteiger charge is 2.28. The lowest BCUT2D eigenvalue weighted by Crippen LogP contribution is -2.32. The maximum absolute atomic E-state index is 12.4. The van der Waals surface area contributed by atoms with Crippen molar-refractivity contribution in [2.45, 2.75) is 33.1 Å². The average Bonchev–Trinajstić information content (AvgIpc) is 2.71. The molecule has 0 aromatic heterocycles. The molecule has 148 valence electrons. The molecule has 2 aromatic carbocycles. The van der Waals surface area contributed by atoms with Crippen molar-refractivity contribution < 1.29 is 19.1 Å². The van der Waals surface area contributed by atoms with E-state index in [9.17, 15) is 9.59 Å². The van der Waals surface area contributed by atoms with Crippen LogP contribution in [0.5, 0.6) is 5.75 Å². The number of hydrogen-bond acceptors (Lipinski definition) is 4. The first-order valence-electron chi connectivity index (χ1n) is 9.50. The van der Waals surface area contributed by atoms with Crippen LogP contribution in [0.2, 0.25) is 5.02 Å². The van der Waals surface area contributed by atoms with Crippen LogP contribution in [0.4, 0.5) is 5.69 Å². The third-order valence-corrected chi connectivity index (χ3v) is 5.11. The number of aryl methyl sites for hydroxylation is 2. The van der Waals surface area contributed by atoms with Crippen molar-refractivity contribution in [3.63, 3.8) is 0 Å². The predicted octanol–water partition coefficient (Wildman–Crippen LogP) is 4.20. The molecular weight excluding hydrogens is 378 g/mol. The third kappa shape index (κ3) is 4.65. The first-order valence-corrected chi connectivity index (χ1v) is 9.88. The summed E-state index contributed by atoms with van der Waals surface area (Å²) in [6.45, 7) is 3.99. The van der Waals surface area contributed by atoms with Gasteiger partial charge in [-0.15, -0.1) is 0 Å². The zero-order valence-electron chi connectivity index (χ0n) is 16.1. The highest BCUT2D eigenvalue weighted by atomic mass is 35.5. The van der Waals surface area contributed by atoms with E-state index < -0.39 is 11.9 Å². The van der Waals surface area contributed by atoms with Crippen LogP contribution in [-0.4, -0.2) is 25.1 Å². The minimum Gasteiger partial charge on any atom is -0.492 e. The summed E-state index contributed by atoms with van der Waals surface area (Å²) >= 11 is 6.01. The Labute approximate surface area is 170 Å². The Morgan fingerprint density at radius 2 is 1.89 bits per heavy atom. The van der Waals surface area contributed by atoms with Gasteiger partial charge in [-0.1, -0.05) is 43.6 Å². The number of halogens is 1. The lowest BCUT2D eigenvalue weighted by molar-refractivity contribution is -0.152. The van der Waals surface area contributed by atoms with Crippen molar-refractivity contribution in [2.24, 2.45) is 5.92 Å². The smallest absolute Gasteiger partial charge is 0.313 e. The summed E-state index contributed by atoms with van der Waals surface area (Å²) in [7, 11) is 0. The normalized spacial score (nSPS) is 15.3. The minimum atomic E-state index is -0.451. The van der Waals surface area contributed by atoms with E-state index in [1.807, 2.05) is 32.0 Å². The second-order valence-corrected chi connectivity index (χ2v) is 7.21. The third-order valence-electron chi connectivity index (χ3n) is 4.87. The number of ether oxygens (including phenoxy) is 2. The van der Waals surface area contributed by atoms with Gasteiger partial charge in [-0.25, -0.2) is 0 Å². The predicted molar refractivity (Wildman–Crippen MR) is 109 cm³/mol. The van der Waals surface area contributed by atoms with E-state index in [-0.39, 0.29) is 19.1 Å². The van der Waals surface area contributed by atoms with Crippen molar-refractivity contribution in [2.75, 3.05) is 18.5 Å². The summed E-state index contributed by atoms with van der Waals surface area (Å²) in [5.74, 6) is -0.508. The van der Waals surface area contributed by atoms with Gasteiger partial charge in [0.2, 0.25) is 0 Å². The molecule has 0 spiro atoms. The first-order chi connectivity index (χ1) is 13.5. The average molecular weight is 402 g/mol. The van der Waals surface area contributed by atoms with Gasteiger partial charge in [-0.05, 0) is 54.2 Å². The molecule has 1 N–H and O–H groups in total. The van der Waals surface area contributed by atoms with Crippen LogP contribution in [0.25, 0.3) is 0 Å². The number of benzene rings is 2. The Balaban J connectivity index is 1.57. The lowest BCUT2D eigenvalue weighted by Gasteiger charge is -2.24. The van der Waals surface area contributed by atoms with Crippen molar-refractivity contribution in [1.29, 1.82) is 0 Å². The van der Waals surface area contributed by atoms with E-state index in [1.54, 1.807) is 18.2 Å². The molecule has 2 aromatic rings. The van der Waals surface area contributed by atoms with Gasteiger partial charge in [0.15, 0.2) is 6.61 Å². The quantitative estimate of drug-likeness (QED) is 0.737. The summed E-state index contributed by atoms with van der Waals surface area (Å²) < 4.78 is 10.9. The zero-order chi connectivity index (χ0) is 20.1. The van der Waals surface area contributed by atoms with E-state index in [0.29, 0.717) is 11.4 Å². The summed E-state index contributed by atoms with van der Waals surface area (Å²) in [6, 6.07) is 11.3. The molecule has 1 heterocycles. The molecule has 0 aliphatic carbocycles. The molecule has 1 amide bonds. The van der Waals surface area contributed by atoms with E-state index in [1.165, 1.54) is 0 Å². The monoisotopic (exact) mass is 401 g/mol. The molecular formula is C22H24ClNO4. The van der Waals surface area contributed by atoms with Gasteiger partial charge in [-0.2, -0.15) is 0 Å². The van der Waals surface area contributed by atoms with Crippen LogP contribution < -0.4 is 10.1 Å². The fourth-order valence-corrected chi connectivity index (χ4v) is 3.54. The fourth-order valence-electron chi connectivity index (χ4n) is 3.35. The molecule has 1 atom stereocenters. The topological polar surface area (TPSA) is 64.6 Å². The molecule has 0 bridgehead atoms. The van der Waals surface area contributed by atoms with E-state index in [0.717, 1.165) is 41.0 Å². The Morgan fingerprint density at radius 1 is 1.18 bits per heavy atom. The second-order valence-electron chi connectivity index (χ2n) is 6.78. The van der Waals surface area contributed by atoms with Gasteiger partial charge >= 0.3 is 5.97 Å². The number of rotatable bonds is 6. The van der Waals surface area contributed by atoms with Gasteiger partial charge in [0.05, 0.1) is 5.92 Å². The minimum absolute atomic E-state index is 0.230. The highest BCUT2D eigenvalue weighted by Crippen LogP contribution is 2.30. The van der Waals surface area contributed by atoms with Gasteiger partial charge in [-0.3, -0.25) is 9.59 Å². The molecule has 28 heavy (non-hydrogen) atoms. The Hall–Kier alpha value is -2.53. The Bertz CT molecular complexity index is 859. The zero-order valence-corrected chi connectivity index (χ0v) is 16.8. The van der Waals surface area contributed by atoms with Crippen LogP contribution in [-0.2, 0) is 33.6 Å². The molecule has 0 saturated carbocycles. The number of carbonyl (C=O) groups is 2. The summed E-state index contributed by atoms with van der Waals surface area (Å²) in [6.07, 6.45) is 2.10. The summed E-state index contributed by atoms with van der Waals surface area (Å²) in [5.41, 5.74) is 3.81. The largest absolute Gasteiger partial charge is 0.492 e. The number of fused-ring (bicyclic) bond motifs is 1. The van der Waals surface area contributed by atoms with Gasteiger partial charge < -0.3 is 14.8 Å². The molecule has 0 radical (unpaired) electrons. The number of amides is 1. The number of hydrogen-bond donors (Lipinski definition) is 1. The Kier molecular flexibility index (Phi) is 6.57. The van der Waals surface area contributed by atoms with Crippen LogP contribution in [0.15, 0.2) is 36.4 Å². The molecule has 5 nitrogen and oxygen atoms in total. The molecule has 0 fully saturated rings. The van der Waals surface area contributed by atoms with E-state index in [4.69, 9.17) is 21.1 Å². The van der Waals surface area contributed by atoms with Crippen molar-refractivity contribution in [3.8, 4) is 5.75 Å². The van der Waals surface area contributed by atoms with Gasteiger partial charge in [0.25, 0.3) is 5.91 Å². The van der Waals surface area contributed by atoms with E-state index in [2.05, 4.69) is 5.32 Å². The highest BCUT2D eigenvalue weighted by molar-refractivity contribution is 6.30. The standard InChI is InChI=1S/C22H24ClNO4/c1-3-14-6-5-7-15(4-2)21(14)24-20(25)13-28-22(26)17-10-16-11-18(23)8-9-19(16)27-12-17/h5-9,11,17H,3-4,10,12-13H2,1-2H3,(H,24,25). The second kappa shape index (κ2) is 9.11. The maximum Gasteiger partial charge on any atom is 0.313 e. The SMILES string of the molecule is CCc1cccc(CC)c1NC(=O)COC(=O)C1COc2ccc(Cl)cc2C1. The number of anilines is 1. The lowest BCUT2D eigenvalue weighted by atomic mass is 9.97. The van der Waals surface area contributed by atoms with Gasteiger partial charge in [0.1, 0.15) is 12.4 Å². The van der Waals surface area contributed by atoms with Crippen molar-refractivity contribution in [1.82, 2.24) is 0 Å². The summed E-state index contributed by atoms with van der Waals surface area (Å²) in [5, 5.41) is 3.49. The van der Waals surface area contributed by atoms with Crippen LogP contribution in [0, 0.1) is 5.92 Å². The number of nitrogens with one attached hydrogen (secondary N) is 1. The van der Waals surface area contributed by atoms with Crippen molar-refractivity contribution in [3.05, 3.63) is 58.1 Å². The Morgan fingerprint density at radius 3 is 2.57 bits per heavy atom. The molecule has 1 aliphatic rings. The molecule has 3 rings (SSSR count). The first kappa shape index (κ1) is 20.2. The van der Waals surface area contributed by atoms with Crippen LogP contribution in [0.3, 0.4) is 0 Å². The molecule has 1 aliphatic heterocycles. The van der Waals surface area contributed by atoms with Crippen LogP contribution >= 0.6 is 11.6 Å². The molecule has 1 unspecified atom stereocenters. The number of para-hydroxylation sites is 1.